The Labute approximate surface area is 85.5 Å². The number of aliphatic carboxylic acids is 1. The molecule has 0 rings (SSSR count). The van der Waals surface area contributed by atoms with Gasteiger partial charge in [-0.05, 0) is 5.41 Å². The van der Waals surface area contributed by atoms with E-state index in [9.17, 15) is 4.79 Å². The average molecular weight is 203 g/mol. The van der Waals surface area contributed by atoms with Crippen molar-refractivity contribution in [3.8, 4) is 0 Å². The molecule has 0 amide bonds. The lowest BCUT2D eigenvalue weighted by molar-refractivity contribution is -0.137. The molecule has 0 aromatic carbocycles. The van der Waals surface area contributed by atoms with Gasteiger partial charge in [0.2, 0.25) is 0 Å². The zero-order valence-corrected chi connectivity index (χ0v) is 9.29. The minimum absolute atomic E-state index is 0.0791. The first-order valence-electron chi connectivity index (χ1n) is 4.90. The molecule has 4 nitrogen and oxygen atoms in total. The maximum Gasteiger partial charge on any atom is 0.304 e. The minimum atomic E-state index is -0.790. The number of hydrogen-bond acceptors (Lipinski definition) is 3. The Morgan fingerprint density at radius 1 is 1.29 bits per heavy atom. The highest BCUT2D eigenvalue weighted by Crippen LogP contribution is 2.14. The smallest absolute Gasteiger partial charge is 0.304 e. The highest BCUT2D eigenvalue weighted by molar-refractivity contribution is 5.66. The van der Waals surface area contributed by atoms with E-state index in [0.717, 1.165) is 6.54 Å². The van der Waals surface area contributed by atoms with Gasteiger partial charge >= 0.3 is 5.97 Å². The number of hydrogen-bond donors (Lipinski definition) is 2. The molecule has 0 atom stereocenters. The van der Waals surface area contributed by atoms with Crippen molar-refractivity contribution in [1.82, 2.24) is 4.90 Å². The van der Waals surface area contributed by atoms with E-state index in [4.69, 9.17) is 10.2 Å². The van der Waals surface area contributed by atoms with Crippen molar-refractivity contribution in [3.63, 3.8) is 0 Å². The van der Waals surface area contributed by atoms with Crippen LogP contribution < -0.4 is 0 Å². The van der Waals surface area contributed by atoms with Gasteiger partial charge in [-0.2, -0.15) is 0 Å². The standard InChI is InChI=1S/C10H21NO3/c1-10(2,3)8-11(6-7-12)5-4-9(13)14/h12H,4-8H2,1-3H3,(H,13,14). The average Bonchev–Trinajstić information content (AvgIpc) is 1.98. The molecule has 0 unspecified atom stereocenters. The van der Waals surface area contributed by atoms with Gasteiger partial charge in [0, 0.05) is 19.6 Å². The molecule has 4 heteroatoms. The van der Waals surface area contributed by atoms with E-state index in [0.29, 0.717) is 13.1 Å². The van der Waals surface area contributed by atoms with Crippen LogP contribution in [-0.2, 0) is 4.79 Å². The molecule has 0 bridgehead atoms. The minimum Gasteiger partial charge on any atom is -0.481 e. The molecule has 0 fully saturated rings. The highest BCUT2D eigenvalue weighted by atomic mass is 16.4. The number of nitrogens with zero attached hydrogens (tertiary/aromatic N) is 1. The van der Waals surface area contributed by atoms with Crippen LogP contribution in [0, 0.1) is 5.41 Å². The molecule has 84 valence electrons. The summed E-state index contributed by atoms with van der Waals surface area (Å²) in [5, 5.41) is 17.3. The molecular weight excluding hydrogens is 182 g/mol. The van der Waals surface area contributed by atoms with E-state index < -0.39 is 5.97 Å². The van der Waals surface area contributed by atoms with Crippen molar-refractivity contribution < 1.29 is 15.0 Å². The lowest BCUT2D eigenvalue weighted by Gasteiger charge is -2.28. The van der Waals surface area contributed by atoms with Gasteiger partial charge in [-0.1, -0.05) is 20.8 Å². The third-order valence-electron chi connectivity index (χ3n) is 1.76. The van der Waals surface area contributed by atoms with Crippen molar-refractivity contribution in [2.75, 3.05) is 26.2 Å². The van der Waals surface area contributed by atoms with Crippen molar-refractivity contribution in [2.45, 2.75) is 27.2 Å². The Hall–Kier alpha value is -0.610. The van der Waals surface area contributed by atoms with Crippen LogP contribution in [-0.4, -0.2) is 47.3 Å². The third-order valence-corrected chi connectivity index (χ3v) is 1.76. The first-order valence-corrected chi connectivity index (χ1v) is 4.90. The normalized spacial score (nSPS) is 12.1. The van der Waals surface area contributed by atoms with Gasteiger partial charge < -0.3 is 10.2 Å². The van der Waals surface area contributed by atoms with E-state index in [1.54, 1.807) is 0 Å². The Bertz CT molecular complexity index is 175. The summed E-state index contributed by atoms with van der Waals surface area (Å²) in [4.78, 5) is 12.4. The Morgan fingerprint density at radius 3 is 2.21 bits per heavy atom. The fourth-order valence-corrected chi connectivity index (χ4v) is 1.34. The Kier molecular flexibility index (Phi) is 5.72. The van der Waals surface area contributed by atoms with E-state index in [-0.39, 0.29) is 18.4 Å². The molecule has 0 aliphatic heterocycles. The SMILES string of the molecule is CC(C)(C)CN(CCO)CCC(=O)O. The summed E-state index contributed by atoms with van der Waals surface area (Å²) >= 11 is 0. The topological polar surface area (TPSA) is 60.8 Å². The molecule has 0 aliphatic carbocycles. The van der Waals surface area contributed by atoms with Crippen LogP contribution in [0.1, 0.15) is 27.2 Å². The molecule has 0 radical (unpaired) electrons. The zero-order chi connectivity index (χ0) is 11.2. The molecule has 0 aromatic heterocycles. The molecule has 14 heavy (non-hydrogen) atoms. The number of rotatable bonds is 6. The quantitative estimate of drug-likeness (QED) is 0.670. The first-order chi connectivity index (χ1) is 6.35. The third kappa shape index (κ3) is 8.01. The predicted octanol–water partition coefficient (Wildman–Crippen LogP) is 0.802. The van der Waals surface area contributed by atoms with Crippen LogP contribution in [0.25, 0.3) is 0 Å². The zero-order valence-electron chi connectivity index (χ0n) is 9.29. The second-order valence-electron chi connectivity index (χ2n) is 4.70. The van der Waals surface area contributed by atoms with Crippen LogP contribution >= 0.6 is 0 Å². The van der Waals surface area contributed by atoms with Gasteiger partial charge in [0.15, 0.2) is 0 Å². The van der Waals surface area contributed by atoms with Gasteiger partial charge in [-0.15, -0.1) is 0 Å². The summed E-state index contributed by atoms with van der Waals surface area (Å²) in [5.74, 6) is -0.790. The maximum atomic E-state index is 10.4. The lowest BCUT2D eigenvalue weighted by Crippen LogP contribution is -2.36. The van der Waals surface area contributed by atoms with Gasteiger partial charge in [0.25, 0.3) is 0 Å². The van der Waals surface area contributed by atoms with E-state index in [1.807, 2.05) is 4.90 Å². The summed E-state index contributed by atoms with van der Waals surface area (Å²) in [5.41, 5.74) is 0.133. The molecule has 0 spiro atoms. The molecule has 0 aliphatic rings. The number of carbonyl (C=O) groups is 1. The monoisotopic (exact) mass is 203 g/mol. The second-order valence-corrected chi connectivity index (χ2v) is 4.70. The summed E-state index contributed by atoms with van der Waals surface area (Å²) in [6.07, 6.45) is 0.135. The van der Waals surface area contributed by atoms with Crippen LogP contribution in [0.15, 0.2) is 0 Å². The summed E-state index contributed by atoms with van der Waals surface area (Å²) in [6.45, 7) is 8.22. The summed E-state index contributed by atoms with van der Waals surface area (Å²) in [6, 6.07) is 0. The lowest BCUT2D eigenvalue weighted by atomic mass is 9.96. The first kappa shape index (κ1) is 13.4. The Balaban J connectivity index is 3.95. The number of carboxylic acids is 1. The highest BCUT2D eigenvalue weighted by Gasteiger charge is 2.16. The maximum absolute atomic E-state index is 10.4. The summed E-state index contributed by atoms with van der Waals surface area (Å²) < 4.78 is 0. The van der Waals surface area contributed by atoms with Gasteiger partial charge in [-0.25, -0.2) is 0 Å². The van der Waals surface area contributed by atoms with Crippen molar-refractivity contribution >= 4 is 5.97 Å². The van der Waals surface area contributed by atoms with Crippen molar-refractivity contribution in [3.05, 3.63) is 0 Å². The van der Waals surface area contributed by atoms with Crippen LogP contribution in [0.4, 0.5) is 0 Å². The molecular formula is C10H21NO3. The molecule has 0 heterocycles. The number of aliphatic hydroxyl groups excluding tert-OH is 1. The van der Waals surface area contributed by atoms with E-state index in [2.05, 4.69) is 20.8 Å². The molecule has 2 N–H and O–H groups in total. The van der Waals surface area contributed by atoms with Crippen molar-refractivity contribution in [1.29, 1.82) is 0 Å². The van der Waals surface area contributed by atoms with Gasteiger partial charge in [0.05, 0.1) is 13.0 Å². The largest absolute Gasteiger partial charge is 0.481 e. The Morgan fingerprint density at radius 2 is 1.86 bits per heavy atom. The van der Waals surface area contributed by atoms with Crippen LogP contribution in [0.5, 0.6) is 0 Å². The second kappa shape index (κ2) is 5.98. The summed E-state index contributed by atoms with van der Waals surface area (Å²) in [7, 11) is 0. The fourth-order valence-electron chi connectivity index (χ4n) is 1.34. The van der Waals surface area contributed by atoms with Crippen molar-refractivity contribution in [2.24, 2.45) is 5.41 Å². The van der Waals surface area contributed by atoms with Crippen LogP contribution in [0.3, 0.4) is 0 Å². The number of aliphatic hydroxyl groups is 1. The van der Waals surface area contributed by atoms with E-state index >= 15 is 0 Å². The predicted molar refractivity (Wildman–Crippen MR) is 55.2 cm³/mol. The van der Waals surface area contributed by atoms with Gasteiger partial charge in [0.1, 0.15) is 0 Å². The van der Waals surface area contributed by atoms with Gasteiger partial charge in [-0.3, -0.25) is 9.69 Å². The number of carboxylic acid groups (broad SMARTS) is 1. The fraction of sp³-hybridized carbons (Fsp3) is 0.900. The molecule has 0 saturated heterocycles. The van der Waals surface area contributed by atoms with Crippen LogP contribution in [0.2, 0.25) is 0 Å². The molecule has 0 aromatic rings. The van der Waals surface area contributed by atoms with E-state index in [1.165, 1.54) is 0 Å². The molecule has 0 saturated carbocycles.